The van der Waals surface area contributed by atoms with Crippen molar-refractivity contribution < 1.29 is 9.53 Å². The molecule has 0 spiro atoms. The van der Waals surface area contributed by atoms with Crippen LogP contribution >= 0.6 is 0 Å². The molecule has 128 valence electrons. The van der Waals surface area contributed by atoms with E-state index >= 15 is 0 Å². The molecule has 1 aromatic rings. The first-order chi connectivity index (χ1) is 11.2. The lowest BCUT2D eigenvalue weighted by Gasteiger charge is -2.32. The lowest BCUT2D eigenvalue weighted by Crippen LogP contribution is -2.37. The highest BCUT2D eigenvalue weighted by atomic mass is 16.5. The first kappa shape index (κ1) is 16.5. The van der Waals surface area contributed by atoms with Gasteiger partial charge in [-0.1, -0.05) is 6.42 Å². The van der Waals surface area contributed by atoms with Gasteiger partial charge < -0.3 is 14.6 Å². The highest BCUT2D eigenvalue weighted by molar-refractivity contribution is 5.76. The quantitative estimate of drug-likeness (QED) is 0.781. The van der Waals surface area contributed by atoms with Gasteiger partial charge in [-0.3, -0.25) is 9.69 Å². The Hall–Kier alpha value is -1.33. The molecular weight excluding hydrogens is 290 g/mol. The number of methoxy groups -OCH3 is 1. The van der Waals surface area contributed by atoms with E-state index in [2.05, 4.69) is 33.1 Å². The second kappa shape index (κ2) is 7.97. The second-order valence-corrected chi connectivity index (χ2v) is 7.06. The average molecular weight is 319 g/mol. The predicted octanol–water partition coefficient (Wildman–Crippen LogP) is 1.87. The zero-order valence-corrected chi connectivity index (χ0v) is 14.2. The minimum absolute atomic E-state index is 0.145. The van der Waals surface area contributed by atoms with E-state index in [4.69, 9.17) is 4.74 Å². The van der Waals surface area contributed by atoms with Crippen molar-refractivity contribution in [3.8, 4) is 0 Å². The molecule has 23 heavy (non-hydrogen) atoms. The molecule has 1 aliphatic heterocycles. The fourth-order valence-corrected chi connectivity index (χ4v) is 3.70. The molecule has 1 saturated carbocycles. The van der Waals surface area contributed by atoms with Crippen molar-refractivity contribution in [2.45, 2.75) is 38.8 Å². The molecule has 1 N–H and O–H groups in total. The van der Waals surface area contributed by atoms with Gasteiger partial charge in [-0.05, 0) is 36.8 Å². The number of fused-ring (bicyclic) bond motifs is 1. The van der Waals surface area contributed by atoms with E-state index in [-0.39, 0.29) is 5.91 Å². The minimum Gasteiger partial charge on any atom is -0.383 e. The van der Waals surface area contributed by atoms with Gasteiger partial charge in [0.1, 0.15) is 0 Å². The fourth-order valence-electron chi connectivity index (χ4n) is 3.70. The van der Waals surface area contributed by atoms with Crippen LogP contribution in [-0.2, 0) is 22.6 Å². The van der Waals surface area contributed by atoms with Crippen LogP contribution < -0.4 is 5.32 Å². The molecular formula is C18H29N3O2. The molecule has 0 radical (unpaired) electrons. The van der Waals surface area contributed by atoms with Gasteiger partial charge in [-0.2, -0.15) is 0 Å². The molecule has 1 aliphatic carbocycles. The second-order valence-electron chi connectivity index (χ2n) is 7.06. The maximum Gasteiger partial charge on any atom is 0.220 e. The van der Waals surface area contributed by atoms with Crippen LogP contribution in [-0.4, -0.2) is 48.7 Å². The predicted molar refractivity (Wildman–Crippen MR) is 90.0 cm³/mol. The highest BCUT2D eigenvalue weighted by Gasteiger charge is 2.27. The topological polar surface area (TPSA) is 46.5 Å². The number of aromatic nitrogens is 1. The highest BCUT2D eigenvalue weighted by Crippen LogP contribution is 2.29. The summed E-state index contributed by atoms with van der Waals surface area (Å²) >= 11 is 0. The number of hydrogen-bond acceptors (Lipinski definition) is 3. The molecule has 1 fully saturated rings. The molecule has 5 nitrogen and oxygen atoms in total. The Morgan fingerprint density at radius 3 is 2.96 bits per heavy atom. The number of amides is 1. The Bertz CT molecular complexity index is 510. The fraction of sp³-hybridized carbons (Fsp3) is 0.722. The molecule has 2 aliphatic rings. The van der Waals surface area contributed by atoms with E-state index in [0.29, 0.717) is 25.5 Å². The van der Waals surface area contributed by atoms with Crippen molar-refractivity contribution in [3.63, 3.8) is 0 Å². The zero-order chi connectivity index (χ0) is 16.1. The Balaban J connectivity index is 1.58. The summed E-state index contributed by atoms with van der Waals surface area (Å²) in [5.41, 5.74) is 1.38. The molecule has 3 rings (SSSR count). The molecule has 0 bridgehead atoms. The van der Waals surface area contributed by atoms with Crippen molar-refractivity contribution in [1.29, 1.82) is 0 Å². The van der Waals surface area contributed by atoms with Crippen LogP contribution in [0.3, 0.4) is 0 Å². The summed E-state index contributed by atoms with van der Waals surface area (Å²) in [5, 5.41) is 2.96. The molecule has 2 heterocycles. The number of hydrogen-bond donors (Lipinski definition) is 1. The minimum atomic E-state index is 0.145. The van der Waals surface area contributed by atoms with Crippen LogP contribution in [0.5, 0.6) is 0 Å². The van der Waals surface area contributed by atoms with Crippen LogP contribution in [0.4, 0.5) is 0 Å². The number of carbonyl (C=O) groups is 1. The Labute approximate surface area is 139 Å². The lowest BCUT2D eigenvalue weighted by atomic mass is 9.85. The first-order valence-electron chi connectivity index (χ1n) is 8.86. The van der Waals surface area contributed by atoms with Gasteiger partial charge in [-0.25, -0.2) is 0 Å². The lowest BCUT2D eigenvalue weighted by molar-refractivity contribution is -0.122. The normalized spacial score (nSPS) is 22.2. The number of carbonyl (C=O) groups excluding carboxylic acids is 1. The monoisotopic (exact) mass is 319 g/mol. The number of rotatable bonds is 7. The van der Waals surface area contributed by atoms with Gasteiger partial charge in [-0.15, -0.1) is 0 Å². The SMILES string of the molecule is COCCNC(=O)C[C@H]1CN(CC2CCC2)Cc2cccn2C1. The van der Waals surface area contributed by atoms with Crippen molar-refractivity contribution in [1.82, 2.24) is 14.8 Å². The summed E-state index contributed by atoms with van der Waals surface area (Å²) in [6.45, 7) is 5.35. The van der Waals surface area contributed by atoms with Crippen LogP contribution in [0.15, 0.2) is 18.3 Å². The summed E-state index contributed by atoms with van der Waals surface area (Å²) < 4.78 is 7.32. The summed E-state index contributed by atoms with van der Waals surface area (Å²) in [5.74, 6) is 1.39. The third kappa shape index (κ3) is 4.58. The first-order valence-corrected chi connectivity index (χ1v) is 8.86. The largest absolute Gasteiger partial charge is 0.383 e. The van der Waals surface area contributed by atoms with E-state index in [9.17, 15) is 4.79 Å². The standard InChI is InChI=1S/C18H29N3O2/c1-23-9-7-19-18(22)10-16-12-20(11-15-4-2-5-15)14-17-6-3-8-21(17)13-16/h3,6,8,15-16H,2,4-5,7,9-14H2,1H3,(H,19,22)/t16-/m0/s1. The van der Waals surface area contributed by atoms with Crippen molar-refractivity contribution >= 4 is 5.91 Å². The van der Waals surface area contributed by atoms with Crippen LogP contribution in [0, 0.1) is 11.8 Å². The van der Waals surface area contributed by atoms with Crippen molar-refractivity contribution in [2.75, 3.05) is 33.4 Å². The van der Waals surface area contributed by atoms with E-state index in [0.717, 1.165) is 25.6 Å². The number of nitrogens with zero attached hydrogens (tertiary/aromatic N) is 2. The van der Waals surface area contributed by atoms with Crippen molar-refractivity contribution in [3.05, 3.63) is 24.0 Å². The summed E-state index contributed by atoms with van der Waals surface area (Å²) in [4.78, 5) is 14.7. The maximum absolute atomic E-state index is 12.2. The third-order valence-corrected chi connectivity index (χ3v) is 5.12. The number of ether oxygens (including phenoxy) is 1. The smallest absolute Gasteiger partial charge is 0.220 e. The van der Waals surface area contributed by atoms with Gasteiger partial charge in [0.15, 0.2) is 0 Å². The summed E-state index contributed by atoms with van der Waals surface area (Å²) in [7, 11) is 1.66. The number of nitrogens with one attached hydrogen (secondary N) is 1. The van der Waals surface area contributed by atoms with Crippen LogP contribution in [0.25, 0.3) is 0 Å². The van der Waals surface area contributed by atoms with Gasteiger partial charge in [0.2, 0.25) is 5.91 Å². The Kier molecular flexibility index (Phi) is 5.73. The third-order valence-electron chi connectivity index (χ3n) is 5.12. The van der Waals surface area contributed by atoms with Gasteiger partial charge in [0.25, 0.3) is 0 Å². The molecule has 0 aromatic carbocycles. The van der Waals surface area contributed by atoms with Crippen LogP contribution in [0.1, 0.15) is 31.4 Å². The van der Waals surface area contributed by atoms with Gasteiger partial charge >= 0.3 is 0 Å². The van der Waals surface area contributed by atoms with Crippen molar-refractivity contribution in [2.24, 2.45) is 11.8 Å². The molecule has 0 saturated heterocycles. The van der Waals surface area contributed by atoms with Gasteiger partial charge in [0, 0.05) is 58.1 Å². The van der Waals surface area contributed by atoms with E-state index in [1.807, 2.05) is 0 Å². The zero-order valence-electron chi connectivity index (χ0n) is 14.2. The summed E-state index contributed by atoms with van der Waals surface area (Å²) in [6.07, 6.45) is 6.89. The molecule has 1 amide bonds. The van der Waals surface area contributed by atoms with Gasteiger partial charge in [0.05, 0.1) is 6.61 Å². The maximum atomic E-state index is 12.2. The average Bonchev–Trinajstić information content (AvgIpc) is 2.83. The van der Waals surface area contributed by atoms with E-state index < -0.39 is 0 Å². The molecule has 1 aromatic heterocycles. The molecule has 1 atom stereocenters. The Morgan fingerprint density at radius 2 is 2.22 bits per heavy atom. The van der Waals surface area contributed by atoms with E-state index in [1.54, 1.807) is 7.11 Å². The summed E-state index contributed by atoms with van der Waals surface area (Å²) in [6, 6.07) is 4.34. The molecule has 5 heteroatoms. The molecule has 0 unspecified atom stereocenters. The van der Waals surface area contributed by atoms with E-state index in [1.165, 1.54) is 31.5 Å². The van der Waals surface area contributed by atoms with Crippen LogP contribution in [0.2, 0.25) is 0 Å². The Morgan fingerprint density at radius 1 is 1.35 bits per heavy atom.